The largest absolute Gasteiger partial charge is 0.458 e. The SMILES string of the molecule is CC1=C[C@@]2(Nc3cc(C(C)C)ccc3O2)c2c(C)nn(-c3ccccc3)c2O1. The lowest BCUT2D eigenvalue weighted by atomic mass is 10.00. The van der Waals surface area contributed by atoms with Gasteiger partial charge in [-0.05, 0) is 49.6 Å². The standard InChI is InChI=1S/C23H23N3O2/c1-14(2)17-10-11-20-19(12-17)24-23(28-20)13-15(3)27-22-21(23)16(4)25-26(22)18-8-6-5-7-9-18/h5-14,24H,1-4H3/t23-/m0/s1. The quantitative estimate of drug-likeness (QED) is 0.666. The molecule has 28 heavy (non-hydrogen) atoms. The van der Waals surface area contributed by atoms with E-state index < -0.39 is 5.72 Å². The molecule has 0 unspecified atom stereocenters. The predicted molar refractivity (Wildman–Crippen MR) is 109 cm³/mol. The highest BCUT2D eigenvalue weighted by Crippen LogP contribution is 2.50. The Balaban J connectivity index is 1.65. The number of rotatable bonds is 2. The van der Waals surface area contributed by atoms with E-state index in [4.69, 9.17) is 14.6 Å². The van der Waals surface area contributed by atoms with E-state index in [1.807, 2.05) is 61.0 Å². The molecule has 0 aliphatic carbocycles. The Morgan fingerprint density at radius 3 is 2.61 bits per heavy atom. The molecule has 142 valence electrons. The summed E-state index contributed by atoms with van der Waals surface area (Å²) < 4.78 is 14.4. The van der Waals surface area contributed by atoms with Gasteiger partial charge >= 0.3 is 0 Å². The first-order valence-corrected chi connectivity index (χ1v) is 9.61. The van der Waals surface area contributed by atoms with Gasteiger partial charge < -0.3 is 14.8 Å². The minimum Gasteiger partial charge on any atom is -0.458 e. The zero-order valence-electron chi connectivity index (χ0n) is 16.5. The first kappa shape index (κ1) is 16.9. The fourth-order valence-electron chi connectivity index (χ4n) is 3.98. The average molecular weight is 373 g/mol. The van der Waals surface area contributed by atoms with Crippen molar-refractivity contribution >= 4 is 5.69 Å². The van der Waals surface area contributed by atoms with Gasteiger partial charge in [-0.2, -0.15) is 5.10 Å². The summed E-state index contributed by atoms with van der Waals surface area (Å²) in [5.41, 5.74) is 4.18. The van der Waals surface area contributed by atoms with Crippen LogP contribution in [-0.4, -0.2) is 9.78 Å². The van der Waals surface area contributed by atoms with E-state index in [9.17, 15) is 0 Å². The van der Waals surface area contributed by atoms with Crippen LogP contribution in [0.15, 0.2) is 60.4 Å². The monoisotopic (exact) mass is 373 g/mol. The lowest BCUT2D eigenvalue weighted by Gasteiger charge is -2.31. The smallest absolute Gasteiger partial charge is 0.237 e. The van der Waals surface area contributed by atoms with Crippen LogP contribution in [-0.2, 0) is 5.72 Å². The Labute approximate surface area is 164 Å². The maximum atomic E-state index is 6.48. The first-order chi connectivity index (χ1) is 13.5. The molecule has 0 saturated heterocycles. The van der Waals surface area contributed by atoms with Gasteiger partial charge in [0.1, 0.15) is 17.1 Å². The second-order valence-corrected chi connectivity index (χ2v) is 7.74. The Morgan fingerprint density at radius 1 is 1.07 bits per heavy atom. The molecule has 1 N–H and O–H groups in total. The number of allylic oxidation sites excluding steroid dienone is 1. The molecule has 0 saturated carbocycles. The Morgan fingerprint density at radius 2 is 1.86 bits per heavy atom. The number of aromatic nitrogens is 2. The van der Waals surface area contributed by atoms with Crippen molar-refractivity contribution in [2.75, 3.05) is 5.32 Å². The third-order valence-electron chi connectivity index (χ3n) is 5.32. The molecule has 5 nitrogen and oxygen atoms in total. The fourth-order valence-corrected chi connectivity index (χ4v) is 3.98. The van der Waals surface area contributed by atoms with Crippen molar-refractivity contribution in [3.63, 3.8) is 0 Å². The summed E-state index contributed by atoms with van der Waals surface area (Å²) in [4.78, 5) is 0. The van der Waals surface area contributed by atoms with Crippen molar-refractivity contribution in [2.24, 2.45) is 0 Å². The molecule has 2 aliphatic rings. The number of nitrogens with one attached hydrogen (secondary N) is 1. The number of para-hydroxylation sites is 1. The summed E-state index contributed by atoms with van der Waals surface area (Å²) in [6, 6.07) is 16.4. The lowest BCUT2D eigenvalue weighted by molar-refractivity contribution is 0.153. The van der Waals surface area contributed by atoms with Crippen LogP contribution < -0.4 is 14.8 Å². The van der Waals surface area contributed by atoms with Crippen molar-refractivity contribution in [2.45, 2.75) is 39.3 Å². The zero-order valence-corrected chi connectivity index (χ0v) is 16.5. The van der Waals surface area contributed by atoms with E-state index in [1.54, 1.807) is 0 Å². The maximum absolute atomic E-state index is 6.48. The van der Waals surface area contributed by atoms with Gasteiger partial charge in [-0.3, -0.25) is 0 Å². The van der Waals surface area contributed by atoms with E-state index in [0.717, 1.165) is 34.1 Å². The van der Waals surface area contributed by atoms with Crippen LogP contribution in [0.5, 0.6) is 11.6 Å². The summed E-state index contributed by atoms with van der Waals surface area (Å²) >= 11 is 0. The summed E-state index contributed by atoms with van der Waals surface area (Å²) in [5, 5.41) is 8.37. The number of hydrogen-bond acceptors (Lipinski definition) is 4. The number of nitrogens with zero attached hydrogens (tertiary/aromatic N) is 2. The van der Waals surface area contributed by atoms with Gasteiger partial charge in [-0.15, -0.1) is 0 Å². The minimum atomic E-state index is -0.813. The third kappa shape index (κ3) is 2.43. The summed E-state index contributed by atoms with van der Waals surface area (Å²) in [6.45, 7) is 8.32. The molecule has 0 amide bonds. The van der Waals surface area contributed by atoms with Gasteiger partial charge in [0.15, 0.2) is 0 Å². The van der Waals surface area contributed by atoms with Crippen molar-refractivity contribution < 1.29 is 9.47 Å². The second kappa shape index (κ2) is 5.89. The van der Waals surface area contributed by atoms with Crippen molar-refractivity contribution in [1.82, 2.24) is 9.78 Å². The van der Waals surface area contributed by atoms with Crippen LogP contribution in [0.25, 0.3) is 5.69 Å². The maximum Gasteiger partial charge on any atom is 0.237 e. The van der Waals surface area contributed by atoms with Crippen LogP contribution in [0.2, 0.25) is 0 Å². The number of fused-ring (bicyclic) bond motifs is 3. The van der Waals surface area contributed by atoms with Gasteiger partial charge in [0.25, 0.3) is 0 Å². The molecule has 0 fully saturated rings. The molecule has 5 heteroatoms. The summed E-state index contributed by atoms with van der Waals surface area (Å²) in [6.07, 6.45) is 1.99. The molecule has 0 radical (unpaired) electrons. The van der Waals surface area contributed by atoms with Crippen molar-refractivity contribution in [1.29, 1.82) is 0 Å². The van der Waals surface area contributed by atoms with Crippen molar-refractivity contribution in [3.8, 4) is 17.3 Å². The van der Waals surface area contributed by atoms with Gasteiger partial charge in [-0.25, -0.2) is 4.68 Å². The van der Waals surface area contributed by atoms with Crippen LogP contribution in [0, 0.1) is 6.92 Å². The molecule has 2 aromatic carbocycles. The second-order valence-electron chi connectivity index (χ2n) is 7.74. The molecule has 3 aromatic rings. The van der Waals surface area contributed by atoms with Gasteiger partial charge in [0.2, 0.25) is 11.6 Å². The van der Waals surface area contributed by atoms with Crippen LogP contribution in [0.3, 0.4) is 0 Å². The van der Waals surface area contributed by atoms with Crippen LogP contribution in [0.1, 0.15) is 43.5 Å². The fraction of sp³-hybridized carbons (Fsp3) is 0.261. The van der Waals surface area contributed by atoms with E-state index in [1.165, 1.54) is 5.56 Å². The minimum absolute atomic E-state index is 0.453. The Hall–Kier alpha value is -3.21. The van der Waals surface area contributed by atoms with Gasteiger partial charge in [0, 0.05) is 6.08 Å². The molecular formula is C23H23N3O2. The summed E-state index contributed by atoms with van der Waals surface area (Å²) in [7, 11) is 0. The number of benzene rings is 2. The average Bonchev–Trinajstić information content (AvgIpc) is 3.19. The highest BCUT2D eigenvalue weighted by molar-refractivity contribution is 5.67. The molecule has 2 aliphatic heterocycles. The highest BCUT2D eigenvalue weighted by atomic mass is 16.5. The zero-order chi connectivity index (χ0) is 19.5. The topological polar surface area (TPSA) is 48.3 Å². The van der Waals surface area contributed by atoms with Crippen molar-refractivity contribution in [3.05, 3.63) is 77.2 Å². The van der Waals surface area contributed by atoms with Crippen LogP contribution >= 0.6 is 0 Å². The molecule has 0 bridgehead atoms. The van der Waals surface area contributed by atoms with Crippen LogP contribution in [0.4, 0.5) is 5.69 Å². The highest BCUT2D eigenvalue weighted by Gasteiger charge is 2.47. The first-order valence-electron chi connectivity index (χ1n) is 9.61. The molecule has 5 rings (SSSR count). The van der Waals surface area contributed by atoms with E-state index in [-0.39, 0.29) is 0 Å². The molecular weight excluding hydrogens is 350 g/mol. The van der Waals surface area contributed by atoms with E-state index >= 15 is 0 Å². The third-order valence-corrected chi connectivity index (χ3v) is 5.32. The van der Waals surface area contributed by atoms with E-state index in [0.29, 0.717) is 11.8 Å². The number of aryl methyl sites for hydroxylation is 1. The van der Waals surface area contributed by atoms with E-state index in [2.05, 4.69) is 31.3 Å². The van der Waals surface area contributed by atoms with Gasteiger partial charge in [0.05, 0.1) is 17.1 Å². The Bertz CT molecular complexity index is 1100. The number of hydrogen-bond donors (Lipinski definition) is 1. The number of anilines is 1. The number of ether oxygens (including phenoxy) is 2. The predicted octanol–water partition coefficient (Wildman–Crippen LogP) is 5.26. The molecule has 3 heterocycles. The normalized spacial score (nSPS) is 19.5. The molecule has 1 aromatic heterocycles. The molecule has 1 atom stereocenters. The summed E-state index contributed by atoms with van der Waals surface area (Å²) in [5.74, 6) is 2.75. The van der Waals surface area contributed by atoms with Gasteiger partial charge in [-0.1, -0.05) is 38.1 Å². The Kier molecular flexibility index (Phi) is 3.56. The molecule has 1 spiro atoms. The lowest BCUT2D eigenvalue weighted by Crippen LogP contribution is -2.38.